The van der Waals surface area contributed by atoms with Crippen LogP contribution in [-0.4, -0.2) is 11.2 Å². The number of ether oxygens (including phenoxy) is 1. The average molecular weight is 255 g/mol. The zero-order valence-corrected chi connectivity index (χ0v) is 12.0. The Balaban J connectivity index is 3.30. The smallest absolute Gasteiger partial charge is 0.174 e. The first-order valence-corrected chi connectivity index (χ1v) is 7.18. The molecule has 0 amide bonds. The van der Waals surface area contributed by atoms with Gasteiger partial charge in [0.2, 0.25) is 0 Å². The molecule has 98 valence electrons. The van der Waals surface area contributed by atoms with Crippen molar-refractivity contribution >= 4 is 17.3 Å². The fourth-order valence-electron chi connectivity index (χ4n) is 1.78. The zero-order valence-electron chi connectivity index (χ0n) is 11.2. The SMILES string of the molecule is CCCCCCCCCC(C)OC(=S)CC#N. The predicted molar refractivity (Wildman–Crippen MR) is 76.0 cm³/mol. The molecule has 0 heterocycles. The van der Waals surface area contributed by atoms with Gasteiger partial charge in [-0.25, -0.2) is 0 Å². The quantitative estimate of drug-likeness (QED) is 0.416. The second-order valence-corrected chi connectivity index (χ2v) is 5.00. The Bertz CT molecular complexity index is 235. The van der Waals surface area contributed by atoms with Gasteiger partial charge in [0.1, 0.15) is 6.42 Å². The third kappa shape index (κ3) is 11.6. The van der Waals surface area contributed by atoms with Crippen molar-refractivity contribution in [2.75, 3.05) is 0 Å². The summed E-state index contributed by atoms with van der Waals surface area (Å²) in [5.74, 6) is 0. The van der Waals surface area contributed by atoms with Crippen LogP contribution in [0, 0.1) is 11.3 Å². The Morgan fingerprint density at radius 3 is 2.35 bits per heavy atom. The van der Waals surface area contributed by atoms with Gasteiger partial charge >= 0.3 is 0 Å². The first kappa shape index (κ1) is 16.4. The molecule has 0 aliphatic rings. The maximum absolute atomic E-state index is 8.45. The maximum atomic E-state index is 8.45. The minimum Gasteiger partial charge on any atom is -0.483 e. The van der Waals surface area contributed by atoms with Crippen molar-refractivity contribution in [1.82, 2.24) is 0 Å². The summed E-state index contributed by atoms with van der Waals surface area (Å²) in [5.41, 5.74) is 0. The molecule has 2 nitrogen and oxygen atoms in total. The van der Waals surface area contributed by atoms with E-state index >= 15 is 0 Å². The Hall–Kier alpha value is -0.620. The number of nitriles is 1. The minimum atomic E-state index is 0.159. The van der Waals surface area contributed by atoms with E-state index in [1.807, 2.05) is 13.0 Å². The molecule has 0 aliphatic heterocycles. The van der Waals surface area contributed by atoms with Crippen LogP contribution in [0.3, 0.4) is 0 Å². The van der Waals surface area contributed by atoms with Crippen LogP contribution < -0.4 is 0 Å². The van der Waals surface area contributed by atoms with E-state index in [-0.39, 0.29) is 12.5 Å². The molecule has 0 spiro atoms. The normalized spacial score (nSPS) is 11.8. The van der Waals surface area contributed by atoms with E-state index in [0.717, 1.165) is 6.42 Å². The monoisotopic (exact) mass is 255 g/mol. The van der Waals surface area contributed by atoms with Gasteiger partial charge in [0.25, 0.3) is 0 Å². The van der Waals surface area contributed by atoms with Crippen LogP contribution in [-0.2, 0) is 4.74 Å². The fraction of sp³-hybridized carbons (Fsp3) is 0.857. The van der Waals surface area contributed by atoms with Crippen LogP contribution in [0.5, 0.6) is 0 Å². The third-order valence-electron chi connectivity index (χ3n) is 2.77. The van der Waals surface area contributed by atoms with Crippen LogP contribution in [0.2, 0.25) is 0 Å². The second kappa shape index (κ2) is 11.9. The molecule has 0 aromatic heterocycles. The van der Waals surface area contributed by atoms with Gasteiger partial charge in [-0.2, -0.15) is 5.26 Å². The van der Waals surface area contributed by atoms with Crippen LogP contribution in [0.15, 0.2) is 0 Å². The molecule has 0 aliphatic carbocycles. The Morgan fingerprint density at radius 2 is 1.76 bits per heavy atom. The summed E-state index contributed by atoms with van der Waals surface area (Å²) in [6.07, 6.45) is 10.6. The van der Waals surface area contributed by atoms with Gasteiger partial charge < -0.3 is 4.74 Å². The van der Waals surface area contributed by atoms with E-state index in [9.17, 15) is 0 Å². The van der Waals surface area contributed by atoms with Crippen molar-refractivity contribution < 1.29 is 4.74 Å². The van der Waals surface area contributed by atoms with Crippen molar-refractivity contribution in [3.8, 4) is 6.07 Å². The van der Waals surface area contributed by atoms with Crippen LogP contribution in [0.4, 0.5) is 0 Å². The van der Waals surface area contributed by atoms with Gasteiger partial charge in [-0.05, 0) is 32.0 Å². The van der Waals surface area contributed by atoms with E-state index in [4.69, 9.17) is 22.2 Å². The number of unbranched alkanes of at least 4 members (excludes halogenated alkanes) is 6. The topological polar surface area (TPSA) is 33.0 Å². The molecule has 1 atom stereocenters. The van der Waals surface area contributed by atoms with E-state index in [0.29, 0.717) is 5.05 Å². The van der Waals surface area contributed by atoms with Gasteiger partial charge in [0.15, 0.2) is 5.05 Å². The second-order valence-electron chi connectivity index (χ2n) is 4.55. The standard InChI is InChI=1S/C14H25NOS/c1-3-4-5-6-7-8-9-10-13(2)16-14(17)11-12-15/h13H,3-11H2,1-2H3. The molecule has 0 bridgehead atoms. The van der Waals surface area contributed by atoms with Crippen molar-refractivity contribution in [1.29, 1.82) is 5.26 Å². The molecule has 3 heteroatoms. The van der Waals surface area contributed by atoms with Crippen LogP contribution in [0.25, 0.3) is 0 Å². The lowest BCUT2D eigenvalue weighted by Gasteiger charge is -2.13. The zero-order chi connectivity index (χ0) is 12.9. The molecule has 0 fully saturated rings. The van der Waals surface area contributed by atoms with E-state index < -0.39 is 0 Å². The first-order chi connectivity index (χ1) is 8.20. The molecule has 0 N–H and O–H groups in total. The number of rotatable bonds is 10. The summed E-state index contributed by atoms with van der Waals surface area (Å²) >= 11 is 4.93. The van der Waals surface area contributed by atoms with E-state index in [1.165, 1.54) is 44.9 Å². The Morgan fingerprint density at radius 1 is 1.18 bits per heavy atom. The van der Waals surface area contributed by atoms with Gasteiger partial charge in [-0.3, -0.25) is 0 Å². The minimum absolute atomic E-state index is 0.159. The van der Waals surface area contributed by atoms with Crippen molar-refractivity contribution in [3.63, 3.8) is 0 Å². The number of thiocarbonyl (C=S) groups is 1. The van der Waals surface area contributed by atoms with Crippen LogP contribution in [0.1, 0.15) is 71.6 Å². The first-order valence-electron chi connectivity index (χ1n) is 6.77. The lowest BCUT2D eigenvalue weighted by molar-refractivity contribution is 0.195. The molecule has 0 radical (unpaired) electrons. The van der Waals surface area contributed by atoms with E-state index in [2.05, 4.69) is 6.92 Å². The molecule has 17 heavy (non-hydrogen) atoms. The highest BCUT2D eigenvalue weighted by Gasteiger charge is 2.05. The molecule has 0 saturated carbocycles. The Labute approximate surface area is 111 Å². The number of nitrogens with zero attached hydrogens (tertiary/aromatic N) is 1. The summed E-state index contributed by atoms with van der Waals surface area (Å²) in [6.45, 7) is 4.27. The lowest BCUT2D eigenvalue weighted by Crippen LogP contribution is -2.12. The molecular formula is C14H25NOS. The molecular weight excluding hydrogens is 230 g/mol. The Kier molecular flexibility index (Phi) is 11.4. The average Bonchev–Trinajstić information content (AvgIpc) is 2.28. The highest BCUT2D eigenvalue weighted by Crippen LogP contribution is 2.11. The highest BCUT2D eigenvalue weighted by atomic mass is 32.1. The van der Waals surface area contributed by atoms with Gasteiger partial charge in [-0.15, -0.1) is 0 Å². The van der Waals surface area contributed by atoms with Gasteiger partial charge in [-0.1, -0.05) is 45.4 Å². The molecule has 1 unspecified atom stereocenters. The molecule has 0 aromatic rings. The number of hydrogen-bond donors (Lipinski definition) is 0. The fourth-order valence-corrected chi connectivity index (χ4v) is 2.01. The van der Waals surface area contributed by atoms with Crippen molar-refractivity contribution in [3.05, 3.63) is 0 Å². The summed E-state index contributed by atoms with van der Waals surface area (Å²) in [5, 5.41) is 8.88. The van der Waals surface area contributed by atoms with Gasteiger partial charge in [0.05, 0.1) is 12.2 Å². The van der Waals surface area contributed by atoms with Crippen LogP contribution >= 0.6 is 12.2 Å². The maximum Gasteiger partial charge on any atom is 0.174 e. The molecule has 0 aromatic carbocycles. The summed E-state index contributed by atoms with van der Waals surface area (Å²) in [7, 11) is 0. The van der Waals surface area contributed by atoms with Gasteiger partial charge in [0, 0.05) is 0 Å². The van der Waals surface area contributed by atoms with E-state index in [1.54, 1.807) is 0 Å². The molecule has 0 saturated heterocycles. The predicted octanol–water partition coefficient (Wildman–Crippen LogP) is 4.77. The van der Waals surface area contributed by atoms with Crippen molar-refractivity contribution in [2.45, 2.75) is 77.7 Å². The lowest BCUT2D eigenvalue weighted by atomic mass is 10.1. The van der Waals surface area contributed by atoms with Crippen molar-refractivity contribution in [2.24, 2.45) is 0 Å². The summed E-state index contributed by atoms with van der Waals surface area (Å²) < 4.78 is 5.44. The summed E-state index contributed by atoms with van der Waals surface area (Å²) in [6, 6.07) is 2.00. The molecule has 0 rings (SSSR count). The largest absolute Gasteiger partial charge is 0.483 e. The summed E-state index contributed by atoms with van der Waals surface area (Å²) in [4.78, 5) is 0. The number of hydrogen-bond acceptors (Lipinski definition) is 3. The highest BCUT2D eigenvalue weighted by molar-refractivity contribution is 7.80. The third-order valence-corrected chi connectivity index (χ3v) is 3.01.